The molecule has 20 nitrogen and oxygen atoms in total. The summed E-state index contributed by atoms with van der Waals surface area (Å²) in [6.45, 7) is 10.5. The maximum absolute atomic E-state index is 11.2. The van der Waals surface area contributed by atoms with Crippen LogP contribution >= 0.6 is 0 Å². The van der Waals surface area contributed by atoms with E-state index in [1.165, 1.54) is 12.1 Å². The van der Waals surface area contributed by atoms with E-state index in [9.17, 15) is 20.2 Å². The Morgan fingerprint density at radius 3 is 1.12 bits per heavy atom. The largest absolute Gasteiger partial charge is 0.491 e. The van der Waals surface area contributed by atoms with Gasteiger partial charge in [-0.1, -0.05) is 0 Å². The van der Waals surface area contributed by atoms with Gasteiger partial charge in [-0.2, -0.15) is 0 Å². The number of nitrogens with two attached hydrogens (primary N) is 1. The van der Waals surface area contributed by atoms with Crippen LogP contribution in [0.25, 0.3) is 0 Å². The summed E-state index contributed by atoms with van der Waals surface area (Å²) in [7, 11) is 0. The van der Waals surface area contributed by atoms with E-state index in [-0.39, 0.29) is 30.2 Å². The highest BCUT2D eigenvalue weighted by Gasteiger charge is 2.19. The van der Waals surface area contributed by atoms with Crippen LogP contribution in [0.4, 0.5) is 22.7 Å². The molecule has 0 aliphatic heterocycles. The molecule has 318 valence electrons. The fourth-order valence-corrected chi connectivity index (χ4v) is 4.28. The third-order valence-electron chi connectivity index (χ3n) is 7.05. The second-order valence-electron chi connectivity index (χ2n) is 11.3. The molecule has 0 radical (unpaired) electrons. The molecule has 0 spiro atoms. The van der Waals surface area contributed by atoms with Crippen LogP contribution in [0.15, 0.2) is 42.5 Å². The van der Waals surface area contributed by atoms with Gasteiger partial charge >= 0.3 is 0 Å². The molecule has 0 aliphatic rings. The summed E-state index contributed by atoms with van der Waals surface area (Å²) < 4.78 is 65.6. The number of nitro groups is 2. The van der Waals surface area contributed by atoms with Gasteiger partial charge in [0.05, 0.1) is 161 Å². The van der Waals surface area contributed by atoms with Gasteiger partial charge in [0.15, 0.2) is 0 Å². The van der Waals surface area contributed by atoms with Crippen molar-refractivity contribution in [1.29, 1.82) is 0 Å². The third kappa shape index (κ3) is 26.9. The van der Waals surface area contributed by atoms with Gasteiger partial charge in [0.1, 0.15) is 18.0 Å². The lowest BCUT2D eigenvalue weighted by molar-refractivity contribution is -0.393. The summed E-state index contributed by atoms with van der Waals surface area (Å²) in [4.78, 5) is 20.6. The maximum atomic E-state index is 11.2. The Hall–Kier alpha value is -3.80. The molecule has 0 amide bonds. The predicted molar refractivity (Wildman–Crippen MR) is 204 cm³/mol. The molecule has 0 aromatic heterocycles. The number of nitro benzene ring substituents is 2. The molecule has 0 aliphatic carbocycles. The molecule has 0 unspecified atom stereocenters. The van der Waals surface area contributed by atoms with Crippen LogP contribution < -0.4 is 15.8 Å². The minimum Gasteiger partial charge on any atom is -0.491 e. The van der Waals surface area contributed by atoms with Crippen molar-refractivity contribution in [2.75, 3.05) is 170 Å². The molecule has 3 N–H and O–H groups in total. The van der Waals surface area contributed by atoms with Gasteiger partial charge in [-0.15, -0.1) is 0 Å². The standard InChI is InChI=1S/C36H58N4O16/c37-32-1-4-34(5-2-32)56-30-29-55-28-27-54-26-25-53-24-23-52-22-21-51-20-19-50-18-17-49-16-15-48-14-13-47-12-11-46-10-9-45-8-7-38-35-6-3-33(39(41)42)31-36(35)40(43)44/h1-6,31,38H,7-30,37H2. The van der Waals surface area contributed by atoms with Crippen molar-refractivity contribution in [1.82, 2.24) is 0 Å². The molecule has 2 aromatic carbocycles. The first-order valence-corrected chi connectivity index (χ1v) is 18.5. The molecule has 0 atom stereocenters. The highest BCUT2D eigenvalue weighted by Crippen LogP contribution is 2.28. The molecular weight excluding hydrogens is 744 g/mol. The van der Waals surface area contributed by atoms with Gasteiger partial charge < -0.3 is 67.9 Å². The zero-order valence-electron chi connectivity index (χ0n) is 32.0. The van der Waals surface area contributed by atoms with E-state index in [0.717, 1.165) is 11.8 Å². The molecular formula is C36H58N4O16. The quantitative estimate of drug-likeness (QED) is 0.0426. The first kappa shape index (κ1) is 48.3. The number of nitrogen functional groups attached to an aromatic ring is 1. The zero-order chi connectivity index (χ0) is 40.2. The fraction of sp³-hybridized carbons (Fsp3) is 0.667. The van der Waals surface area contributed by atoms with E-state index in [0.29, 0.717) is 151 Å². The summed E-state index contributed by atoms with van der Waals surface area (Å²) in [6, 6.07) is 10.7. The zero-order valence-corrected chi connectivity index (χ0v) is 32.0. The smallest absolute Gasteiger partial charge is 0.299 e. The average Bonchev–Trinajstić information content (AvgIpc) is 3.19. The van der Waals surface area contributed by atoms with E-state index < -0.39 is 9.85 Å². The molecule has 0 saturated carbocycles. The topological polar surface area (TPSA) is 235 Å². The van der Waals surface area contributed by atoms with Gasteiger partial charge in [0.2, 0.25) is 0 Å². The molecule has 0 fully saturated rings. The highest BCUT2D eigenvalue weighted by atomic mass is 16.6. The molecule has 2 rings (SSSR count). The van der Waals surface area contributed by atoms with Crippen LogP contribution in [-0.2, 0) is 52.1 Å². The van der Waals surface area contributed by atoms with Crippen molar-refractivity contribution >= 4 is 22.7 Å². The van der Waals surface area contributed by atoms with Crippen molar-refractivity contribution in [3.05, 3.63) is 62.7 Å². The second kappa shape index (κ2) is 34.4. The second-order valence-corrected chi connectivity index (χ2v) is 11.3. The van der Waals surface area contributed by atoms with E-state index >= 15 is 0 Å². The molecule has 0 heterocycles. The van der Waals surface area contributed by atoms with Crippen LogP contribution in [-0.4, -0.2) is 168 Å². The molecule has 56 heavy (non-hydrogen) atoms. The van der Waals surface area contributed by atoms with Crippen LogP contribution in [0.3, 0.4) is 0 Å². The lowest BCUT2D eigenvalue weighted by Crippen LogP contribution is -2.16. The lowest BCUT2D eigenvalue weighted by atomic mass is 10.2. The summed E-state index contributed by atoms with van der Waals surface area (Å²) in [6.07, 6.45) is 0. The number of hydrogen-bond donors (Lipinski definition) is 2. The summed E-state index contributed by atoms with van der Waals surface area (Å²) >= 11 is 0. The number of ether oxygens (including phenoxy) is 12. The van der Waals surface area contributed by atoms with E-state index in [4.69, 9.17) is 62.6 Å². The van der Waals surface area contributed by atoms with Crippen LogP contribution in [0, 0.1) is 20.2 Å². The maximum Gasteiger partial charge on any atom is 0.299 e. The first-order chi connectivity index (χ1) is 27.5. The van der Waals surface area contributed by atoms with Crippen molar-refractivity contribution in [3.63, 3.8) is 0 Å². The van der Waals surface area contributed by atoms with Crippen LogP contribution in [0.5, 0.6) is 5.75 Å². The van der Waals surface area contributed by atoms with Crippen molar-refractivity contribution in [3.8, 4) is 5.75 Å². The SMILES string of the molecule is Nc1ccc(OCCOCCOCCOCCOCCOCCOCCOCCOCCOCCOCCOCCNc2ccc([N+](=O)[O-])cc2[N+](=O)[O-])cc1. The normalized spacial score (nSPS) is 11.2. The Morgan fingerprint density at radius 2 is 0.786 bits per heavy atom. The predicted octanol–water partition coefficient (Wildman–Crippen LogP) is 2.76. The molecule has 2 aromatic rings. The summed E-state index contributed by atoms with van der Waals surface area (Å²) in [5.74, 6) is 0.760. The van der Waals surface area contributed by atoms with Gasteiger partial charge in [-0.3, -0.25) is 20.2 Å². The average molecular weight is 803 g/mol. The Bertz CT molecular complexity index is 1260. The van der Waals surface area contributed by atoms with Crippen molar-refractivity contribution < 1.29 is 66.7 Å². The Labute approximate surface area is 327 Å². The number of anilines is 2. The minimum absolute atomic E-state index is 0.183. The number of non-ortho nitro benzene ring substituents is 1. The third-order valence-corrected chi connectivity index (χ3v) is 7.05. The number of rotatable bonds is 40. The number of nitrogens with zero attached hydrogens (tertiary/aromatic N) is 2. The van der Waals surface area contributed by atoms with Gasteiger partial charge in [-0.25, -0.2) is 0 Å². The van der Waals surface area contributed by atoms with E-state index in [1.807, 2.05) is 12.1 Å². The number of hydrogen-bond acceptors (Lipinski definition) is 18. The van der Waals surface area contributed by atoms with Crippen LogP contribution in [0.2, 0.25) is 0 Å². The van der Waals surface area contributed by atoms with E-state index in [1.54, 1.807) is 12.1 Å². The Kier molecular flexibility index (Phi) is 29.7. The van der Waals surface area contributed by atoms with Crippen LogP contribution in [0.1, 0.15) is 0 Å². The highest BCUT2D eigenvalue weighted by molar-refractivity contribution is 5.65. The molecule has 0 saturated heterocycles. The summed E-state index contributed by atoms with van der Waals surface area (Å²) in [5.41, 5.74) is 5.81. The van der Waals surface area contributed by atoms with Gasteiger partial charge in [-0.05, 0) is 30.3 Å². The fourth-order valence-electron chi connectivity index (χ4n) is 4.28. The number of benzene rings is 2. The van der Waals surface area contributed by atoms with E-state index in [2.05, 4.69) is 5.32 Å². The molecule has 20 heteroatoms. The summed E-state index contributed by atoms with van der Waals surface area (Å²) in [5, 5.41) is 24.8. The Morgan fingerprint density at radius 1 is 0.446 bits per heavy atom. The number of nitrogens with one attached hydrogen (secondary N) is 1. The Balaban J connectivity index is 1.18. The minimum atomic E-state index is -0.682. The first-order valence-electron chi connectivity index (χ1n) is 18.5. The monoisotopic (exact) mass is 802 g/mol. The van der Waals surface area contributed by atoms with Crippen molar-refractivity contribution in [2.45, 2.75) is 0 Å². The lowest BCUT2D eigenvalue weighted by Gasteiger charge is -2.09. The van der Waals surface area contributed by atoms with Gasteiger partial charge in [0.25, 0.3) is 11.4 Å². The molecule has 0 bridgehead atoms. The van der Waals surface area contributed by atoms with Gasteiger partial charge in [0, 0.05) is 18.3 Å². The van der Waals surface area contributed by atoms with Crippen molar-refractivity contribution in [2.24, 2.45) is 0 Å².